The van der Waals surface area contributed by atoms with Gasteiger partial charge in [-0.1, -0.05) is 26.0 Å². The molecule has 1 saturated heterocycles. The van der Waals surface area contributed by atoms with Gasteiger partial charge < -0.3 is 14.8 Å². The van der Waals surface area contributed by atoms with Crippen LogP contribution in [0.15, 0.2) is 24.3 Å². The van der Waals surface area contributed by atoms with E-state index in [-0.39, 0.29) is 5.91 Å². The molecule has 0 aliphatic carbocycles. The van der Waals surface area contributed by atoms with Gasteiger partial charge in [0.2, 0.25) is 5.91 Å². The smallest absolute Gasteiger partial charge is 0.224 e. The number of nitrogens with zero attached hydrogens (tertiary/aromatic N) is 3. The Labute approximate surface area is 198 Å². The van der Waals surface area contributed by atoms with Crippen molar-refractivity contribution < 1.29 is 14.3 Å². The quantitative estimate of drug-likeness (QED) is 0.560. The number of carbonyl (C=O) groups excluding carboxylic acids is 1. The molecule has 1 aliphatic rings. The van der Waals surface area contributed by atoms with Crippen LogP contribution in [0.1, 0.15) is 49.2 Å². The van der Waals surface area contributed by atoms with Crippen molar-refractivity contribution in [1.82, 2.24) is 20.0 Å². The van der Waals surface area contributed by atoms with Crippen LogP contribution in [0.2, 0.25) is 0 Å². The summed E-state index contributed by atoms with van der Waals surface area (Å²) in [6, 6.07) is 8.54. The predicted molar refractivity (Wildman–Crippen MR) is 130 cm³/mol. The summed E-state index contributed by atoms with van der Waals surface area (Å²) < 4.78 is 13.4. The zero-order chi connectivity index (χ0) is 23.8. The third kappa shape index (κ3) is 7.57. The second-order valence-electron chi connectivity index (χ2n) is 9.50. The Hall–Kier alpha value is -2.38. The molecule has 1 amide bonds. The first-order chi connectivity index (χ1) is 15.8. The standard InChI is InChI=1S/C26H40N4O3/c1-19(2)18-30-21(4)25(20(3)28-30)16-26(31)27-17-22-7-6-8-24(15-22)33-14-11-29(5)23-9-12-32-13-10-23/h6-8,15,19,23H,9-14,16-18H2,1-5H3,(H,27,31). The summed E-state index contributed by atoms with van der Waals surface area (Å²) in [4.78, 5) is 15.0. The van der Waals surface area contributed by atoms with Crippen LogP contribution in [0.5, 0.6) is 5.75 Å². The number of nitrogens with one attached hydrogen (secondary N) is 1. The second-order valence-corrected chi connectivity index (χ2v) is 9.50. The van der Waals surface area contributed by atoms with Crippen molar-refractivity contribution in [2.24, 2.45) is 5.92 Å². The molecule has 0 bridgehead atoms. The molecule has 182 valence electrons. The maximum Gasteiger partial charge on any atom is 0.224 e. The minimum absolute atomic E-state index is 0.00899. The Kier molecular flexibility index (Phi) is 9.32. The maximum absolute atomic E-state index is 12.6. The van der Waals surface area contributed by atoms with Gasteiger partial charge in [-0.05, 0) is 57.4 Å². The molecule has 33 heavy (non-hydrogen) atoms. The number of hydrogen-bond donors (Lipinski definition) is 1. The number of benzene rings is 1. The summed E-state index contributed by atoms with van der Waals surface area (Å²) in [5, 5.41) is 7.66. The first-order valence-corrected chi connectivity index (χ1v) is 12.1. The average Bonchev–Trinajstić information content (AvgIpc) is 3.05. The van der Waals surface area contributed by atoms with Crippen LogP contribution in [0, 0.1) is 19.8 Å². The fourth-order valence-electron chi connectivity index (χ4n) is 4.30. The lowest BCUT2D eigenvalue weighted by atomic mass is 10.1. The van der Waals surface area contributed by atoms with Crippen molar-refractivity contribution in [1.29, 1.82) is 0 Å². The van der Waals surface area contributed by atoms with Crippen LogP contribution < -0.4 is 10.1 Å². The molecule has 0 unspecified atom stereocenters. The molecule has 1 fully saturated rings. The number of aryl methyl sites for hydroxylation is 1. The molecule has 1 aliphatic heterocycles. The van der Waals surface area contributed by atoms with Crippen LogP contribution in [0.25, 0.3) is 0 Å². The third-order valence-electron chi connectivity index (χ3n) is 6.32. The van der Waals surface area contributed by atoms with Crippen molar-refractivity contribution >= 4 is 5.91 Å². The molecule has 1 N–H and O–H groups in total. The highest BCUT2D eigenvalue weighted by molar-refractivity contribution is 5.79. The predicted octanol–water partition coefficient (Wildman–Crippen LogP) is 3.50. The molecule has 7 nitrogen and oxygen atoms in total. The second kappa shape index (κ2) is 12.2. The monoisotopic (exact) mass is 456 g/mol. The van der Waals surface area contributed by atoms with Crippen molar-refractivity contribution in [3.05, 3.63) is 46.8 Å². The van der Waals surface area contributed by atoms with E-state index in [1.54, 1.807) is 0 Å². The Bertz CT molecular complexity index is 903. The molecule has 0 radical (unpaired) electrons. The summed E-state index contributed by atoms with van der Waals surface area (Å²) in [6.07, 6.45) is 2.52. The van der Waals surface area contributed by atoms with Crippen LogP contribution in [0.4, 0.5) is 0 Å². The van der Waals surface area contributed by atoms with Crippen molar-refractivity contribution in [3.63, 3.8) is 0 Å². The Balaban J connectivity index is 1.45. The lowest BCUT2D eigenvalue weighted by molar-refractivity contribution is -0.120. The fraction of sp³-hybridized carbons (Fsp3) is 0.615. The van der Waals surface area contributed by atoms with E-state index in [1.807, 2.05) is 42.8 Å². The van der Waals surface area contributed by atoms with Crippen LogP contribution in [-0.2, 0) is 29.0 Å². The van der Waals surface area contributed by atoms with Gasteiger partial charge in [-0.25, -0.2) is 0 Å². The van der Waals surface area contributed by atoms with E-state index >= 15 is 0 Å². The first-order valence-electron chi connectivity index (χ1n) is 12.1. The third-order valence-corrected chi connectivity index (χ3v) is 6.32. The van der Waals surface area contributed by atoms with Gasteiger partial charge in [0.25, 0.3) is 0 Å². The average molecular weight is 457 g/mol. The molecule has 1 aromatic heterocycles. The van der Waals surface area contributed by atoms with E-state index < -0.39 is 0 Å². The van der Waals surface area contributed by atoms with E-state index in [4.69, 9.17) is 9.47 Å². The summed E-state index contributed by atoms with van der Waals surface area (Å²) in [5.74, 6) is 1.36. The number of amides is 1. The number of carbonyl (C=O) groups is 1. The zero-order valence-corrected chi connectivity index (χ0v) is 20.9. The lowest BCUT2D eigenvalue weighted by Crippen LogP contribution is -2.38. The highest BCUT2D eigenvalue weighted by Gasteiger charge is 2.18. The summed E-state index contributed by atoms with van der Waals surface area (Å²) in [6.45, 7) is 12.9. The Morgan fingerprint density at radius 2 is 2.06 bits per heavy atom. The van der Waals surface area contributed by atoms with Gasteiger partial charge in [-0.3, -0.25) is 14.4 Å². The van der Waals surface area contributed by atoms with Crippen molar-refractivity contribution in [2.45, 2.75) is 66.1 Å². The van der Waals surface area contributed by atoms with Crippen molar-refractivity contribution in [3.8, 4) is 5.75 Å². The topological polar surface area (TPSA) is 68.6 Å². The van der Waals surface area contributed by atoms with E-state index in [1.165, 1.54) is 0 Å². The molecular formula is C26H40N4O3. The maximum atomic E-state index is 12.6. The Morgan fingerprint density at radius 3 is 2.79 bits per heavy atom. The molecular weight excluding hydrogens is 416 g/mol. The van der Waals surface area contributed by atoms with E-state index in [0.717, 1.165) is 67.4 Å². The number of ether oxygens (including phenoxy) is 2. The molecule has 2 heterocycles. The SMILES string of the molecule is Cc1nn(CC(C)C)c(C)c1CC(=O)NCc1cccc(OCCN(C)C2CCOCC2)c1. The highest BCUT2D eigenvalue weighted by atomic mass is 16.5. The van der Waals surface area contributed by atoms with Crippen LogP contribution in [0.3, 0.4) is 0 Å². The minimum Gasteiger partial charge on any atom is -0.492 e. The molecule has 0 spiro atoms. The van der Waals surface area contributed by atoms with Crippen LogP contribution in [-0.4, -0.2) is 60.0 Å². The minimum atomic E-state index is 0.00899. The van der Waals surface area contributed by atoms with Gasteiger partial charge >= 0.3 is 0 Å². The molecule has 0 atom stereocenters. The largest absolute Gasteiger partial charge is 0.492 e. The van der Waals surface area contributed by atoms with E-state index in [2.05, 4.69) is 36.2 Å². The summed E-state index contributed by atoms with van der Waals surface area (Å²) >= 11 is 0. The zero-order valence-electron chi connectivity index (χ0n) is 20.9. The molecule has 0 saturated carbocycles. The first kappa shape index (κ1) is 25.2. The Morgan fingerprint density at radius 1 is 1.30 bits per heavy atom. The van der Waals surface area contributed by atoms with Crippen LogP contribution >= 0.6 is 0 Å². The van der Waals surface area contributed by atoms with E-state index in [9.17, 15) is 4.79 Å². The molecule has 3 rings (SSSR count). The molecule has 7 heteroatoms. The van der Waals surface area contributed by atoms with Crippen molar-refractivity contribution in [2.75, 3.05) is 33.4 Å². The lowest BCUT2D eigenvalue weighted by Gasteiger charge is -2.31. The summed E-state index contributed by atoms with van der Waals surface area (Å²) in [5.41, 5.74) is 4.07. The van der Waals surface area contributed by atoms with Gasteiger partial charge in [-0.15, -0.1) is 0 Å². The number of hydrogen-bond acceptors (Lipinski definition) is 5. The molecule has 2 aromatic rings. The number of rotatable bonds is 11. The molecule has 1 aromatic carbocycles. The highest BCUT2D eigenvalue weighted by Crippen LogP contribution is 2.17. The van der Waals surface area contributed by atoms with Gasteiger partial charge in [0, 0.05) is 50.1 Å². The van der Waals surface area contributed by atoms with Gasteiger partial charge in [0.1, 0.15) is 12.4 Å². The van der Waals surface area contributed by atoms with Gasteiger partial charge in [0.05, 0.1) is 12.1 Å². The van der Waals surface area contributed by atoms with E-state index in [0.29, 0.717) is 31.5 Å². The fourth-order valence-corrected chi connectivity index (χ4v) is 4.30. The normalized spacial score (nSPS) is 14.8. The number of aromatic nitrogens is 2. The van der Waals surface area contributed by atoms with Gasteiger partial charge in [0.15, 0.2) is 0 Å². The van der Waals surface area contributed by atoms with Gasteiger partial charge in [-0.2, -0.15) is 5.10 Å². The number of likely N-dealkylation sites (N-methyl/N-ethyl adjacent to an activating group) is 1. The summed E-state index contributed by atoms with van der Waals surface area (Å²) in [7, 11) is 2.15.